The van der Waals surface area contributed by atoms with E-state index in [0.717, 1.165) is 39.1 Å². The summed E-state index contributed by atoms with van der Waals surface area (Å²) in [6.07, 6.45) is 7.05. The topological polar surface area (TPSA) is 49.9 Å². The highest BCUT2D eigenvalue weighted by molar-refractivity contribution is 5.76. The zero-order valence-corrected chi connectivity index (χ0v) is 13.6. The molecule has 0 saturated carbocycles. The largest absolute Gasteiger partial charge is 0.469 e. The number of nitrogens with zero attached hydrogens (tertiary/aromatic N) is 2. The summed E-state index contributed by atoms with van der Waals surface area (Å²) in [5.74, 6) is 0.125. The van der Waals surface area contributed by atoms with Gasteiger partial charge in [-0.2, -0.15) is 0 Å². The highest BCUT2D eigenvalue weighted by Crippen LogP contribution is 2.09. The molecule has 1 saturated heterocycles. The SMILES string of the molecule is CCCCCCCC(=O)N1CCN(CCC(=O)OC)CC1. The summed E-state index contributed by atoms with van der Waals surface area (Å²) in [6, 6.07) is 0. The molecule has 0 aromatic carbocycles. The second-order valence-corrected chi connectivity index (χ2v) is 5.71. The van der Waals surface area contributed by atoms with E-state index in [4.69, 9.17) is 0 Å². The molecule has 5 heteroatoms. The Morgan fingerprint density at radius 1 is 0.952 bits per heavy atom. The van der Waals surface area contributed by atoms with Gasteiger partial charge in [0, 0.05) is 39.1 Å². The van der Waals surface area contributed by atoms with Crippen LogP contribution in [0, 0.1) is 0 Å². The molecule has 1 aliphatic heterocycles. The maximum absolute atomic E-state index is 12.1. The molecule has 1 aliphatic rings. The van der Waals surface area contributed by atoms with Crippen molar-refractivity contribution < 1.29 is 14.3 Å². The van der Waals surface area contributed by atoms with Crippen molar-refractivity contribution in [2.24, 2.45) is 0 Å². The summed E-state index contributed by atoms with van der Waals surface area (Å²) in [5, 5.41) is 0. The fourth-order valence-corrected chi connectivity index (χ4v) is 2.61. The first-order valence-corrected chi connectivity index (χ1v) is 8.24. The van der Waals surface area contributed by atoms with E-state index in [1.807, 2.05) is 4.90 Å². The summed E-state index contributed by atoms with van der Waals surface area (Å²) in [7, 11) is 1.42. The lowest BCUT2D eigenvalue weighted by atomic mass is 10.1. The number of ether oxygens (including phenoxy) is 1. The van der Waals surface area contributed by atoms with Crippen molar-refractivity contribution in [2.45, 2.75) is 51.9 Å². The molecule has 5 nitrogen and oxygen atoms in total. The van der Waals surface area contributed by atoms with Crippen LogP contribution in [0.5, 0.6) is 0 Å². The molecule has 0 atom stereocenters. The molecule has 0 aromatic heterocycles. The first kappa shape index (κ1) is 18.0. The average molecular weight is 298 g/mol. The number of esters is 1. The van der Waals surface area contributed by atoms with Crippen molar-refractivity contribution >= 4 is 11.9 Å². The third-order valence-electron chi connectivity index (χ3n) is 4.08. The number of carbonyl (C=O) groups excluding carboxylic acids is 2. The highest BCUT2D eigenvalue weighted by Gasteiger charge is 2.20. The van der Waals surface area contributed by atoms with Crippen LogP contribution in [0.2, 0.25) is 0 Å². The molecule has 0 unspecified atom stereocenters. The number of amides is 1. The van der Waals surface area contributed by atoms with E-state index in [0.29, 0.717) is 18.7 Å². The normalized spacial score (nSPS) is 16.0. The molecular weight excluding hydrogens is 268 g/mol. The number of unbranched alkanes of at least 4 members (excludes halogenated alkanes) is 4. The van der Waals surface area contributed by atoms with Crippen LogP contribution in [0.1, 0.15) is 51.9 Å². The minimum absolute atomic E-state index is 0.166. The third-order valence-corrected chi connectivity index (χ3v) is 4.08. The molecule has 1 heterocycles. The lowest BCUT2D eigenvalue weighted by molar-refractivity contribution is -0.141. The van der Waals surface area contributed by atoms with Crippen molar-refractivity contribution in [3.8, 4) is 0 Å². The Balaban J connectivity index is 2.11. The van der Waals surface area contributed by atoms with E-state index >= 15 is 0 Å². The minimum atomic E-state index is -0.166. The van der Waals surface area contributed by atoms with Gasteiger partial charge < -0.3 is 9.64 Å². The zero-order valence-electron chi connectivity index (χ0n) is 13.6. The lowest BCUT2D eigenvalue weighted by Crippen LogP contribution is -2.49. The molecule has 1 amide bonds. The number of hydrogen-bond donors (Lipinski definition) is 0. The second kappa shape index (κ2) is 10.6. The maximum atomic E-state index is 12.1. The van der Waals surface area contributed by atoms with Gasteiger partial charge in [0.25, 0.3) is 0 Å². The molecule has 0 spiro atoms. The molecular formula is C16H30N2O3. The summed E-state index contributed by atoms with van der Waals surface area (Å²) in [4.78, 5) is 27.4. The van der Waals surface area contributed by atoms with Gasteiger partial charge in [-0.3, -0.25) is 14.5 Å². The van der Waals surface area contributed by atoms with Crippen LogP contribution >= 0.6 is 0 Å². The molecule has 0 N–H and O–H groups in total. The summed E-state index contributed by atoms with van der Waals surface area (Å²) in [6.45, 7) is 6.22. The number of rotatable bonds is 9. The Kier molecular flexibility index (Phi) is 9.06. The van der Waals surface area contributed by atoms with Gasteiger partial charge in [0.05, 0.1) is 13.5 Å². The van der Waals surface area contributed by atoms with Crippen LogP contribution in [-0.4, -0.2) is 61.5 Å². The Morgan fingerprint density at radius 3 is 2.24 bits per heavy atom. The van der Waals surface area contributed by atoms with Crippen molar-refractivity contribution in [2.75, 3.05) is 39.8 Å². The Labute approximate surface area is 128 Å². The Bertz CT molecular complexity index is 313. The Morgan fingerprint density at radius 2 is 1.62 bits per heavy atom. The molecule has 0 bridgehead atoms. The molecule has 1 rings (SSSR count). The predicted octanol–water partition coefficient (Wildman–Crippen LogP) is 2.05. The zero-order chi connectivity index (χ0) is 15.5. The maximum Gasteiger partial charge on any atom is 0.306 e. The summed E-state index contributed by atoms with van der Waals surface area (Å²) >= 11 is 0. The predicted molar refractivity (Wildman–Crippen MR) is 83.0 cm³/mol. The summed E-state index contributed by atoms with van der Waals surface area (Å²) in [5.41, 5.74) is 0. The van der Waals surface area contributed by atoms with E-state index in [9.17, 15) is 9.59 Å². The van der Waals surface area contributed by atoms with Crippen LogP contribution in [0.15, 0.2) is 0 Å². The number of hydrogen-bond acceptors (Lipinski definition) is 4. The van der Waals surface area contributed by atoms with Gasteiger partial charge in [0.15, 0.2) is 0 Å². The van der Waals surface area contributed by atoms with Crippen LogP contribution in [-0.2, 0) is 14.3 Å². The summed E-state index contributed by atoms with van der Waals surface area (Å²) < 4.78 is 4.64. The van der Waals surface area contributed by atoms with Gasteiger partial charge in [0.1, 0.15) is 0 Å². The van der Waals surface area contributed by atoms with Crippen molar-refractivity contribution in [1.29, 1.82) is 0 Å². The van der Waals surface area contributed by atoms with Gasteiger partial charge in [-0.25, -0.2) is 0 Å². The third kappa shape index (κ3) is 7.46. The number of carbonyl (C=O) groups is 2. The van der Waals surface area contributed by atoms with Crippen molar-refractivity contribution in [3.05, 3.63) is 0 Å². The molecule has 0 aliphatic carbocycles. The van der Waals surface area contributed by atoms with Crippen molar-refractivity contribution in [3.63, 3.8) is 0 Å². The van der Waals surface area contributed by atoms with Crippen LogP contribution in [0.3, 0.4) is 0 Å². The molecule has 0 radical (unpaired) electrons. The molecule has 21 heavy (non-hydrogen) atoms. The Hall–Kier alpha value is -1.10. The van der Waals surface area contributed by atoms with Gasteiger partial charge in [-0.15, -0.1) is 0 Å². The van der Waals surface area contributed by atoms with Gasteiger partial charge in [0.2, 0.25) is 5.91 Å². The van der Waals surface area contributed by atoms with E-state index in [-0.39, 0.29) is 5.97 Å². The van der Waals surface area contributed by atoms with Crippen LogP contribution in [0.25, 0.3) is 0 Å². The first-order valence-electron chi connectivity index (χ1n) is 8.24. The highest BCUT2D eigenvalue weighted by atomic mass is 16.5. The lowest BCUT2D eigenvalue weighted by Gasteiger charge is -2.34. The fourth-order valence-electron chi connectivity index (χ4n) is 2.61. The number of methoxy groups -OCH3 is 1. The molecule has 0 aromatic rings. The van der Waals surface area contributed by atoms with E-state index in [2.05, 4.69) is 16.6 Å². The first-order chi connectivity index (χ1) is 10.2. The van der Waals surface area contributed by atoms with Crippen LogP contribution < -0.4 is 0 Å². The second-order valence-electron chi connectivity index (χ2n) is 5.71. The molecule has 122 valence electrons. The van der Waals surface area contributed by atoms with E-state index in [1.54, 1.807) is 0 Å². The van der Waals surface area contributed by atoms with Gasteiger partial charge in [-0.05, 0) is 6.42 Å². The van der Waals surface area contributed by atoms with Crippen LogP contribution in [0.4, 0.5) is 0 Å². The quantitative estimate of drug-likeness (QED) is 0.483. The van der Waals surface area contributed by atoms with E-state index < -0.39 is 0 Å². The average Bonchev–Trinajstić information content (AvgIpc) is 2.52. The smallest absolute Gasteiger partial charge is 0.306 e. The standard InChI is InChI=1S/C16H30N2O3/c1-3-4-5-6-7-8-15(19)18-13-11-17(12-14-18)10-9-16(20)21-2/h3-14H2,1-2H3. The fraction of sp³-hybridized carbons (Fsp3) is 0.875. The van der Waals surface area contributed by atoms with E-state index in [1.165, 1.54) is 32.8 Å². The molecule has 1 fully saturated rings. The monoisotopic (exact) mass is 298 g/mol. The van der Waals surface area contributed by atoms with Gasteiger partial charge >= 0.3 is 5.97 Å². The minimum Gasteiger partial charge on any atom is -0.469 e. The van der Waals surface area contributed by atoms with Gasteiger partial charge in [-0.1, -0.05) is 32.6 Å². The van der Waals surface area contributed by atoms with Crippen molar-refractivity contribution in [1.82, 2.24) is 9.80 Å². The number of piperazine rings is 1.